The van der Waals surface area contributed by atoms with E-state index in [0.29, 0.717) is 10.7 Å². The van der Waals surface area contributed by atoms with Crippen LogP contribution in [0, 0.1) is 13.8 Å². The molecule has 0 aliphatic carbocycles. The maximum absolute atomic E-state index is 12.4. The number of aromatic nitrogens is 2. The number of amides is 1. The van der Waals surface area contributed by atoms with Gasteiger partial charge in [0.1, 0.15) is 0 Å². The van der Waals surface area contributed by atoms with Gasteiger partial charge in [-0.05, 0) is 49.7 Å². The third-order valence-corrected chi connectivity index (χ3v) is 4.93. The fourth-order valence-electron chi connectivity index (χ4n) is 2.69. The fourth-order valence-corrected chi connectivity index (χ4v) is 3.59. The number of anilines is 1. The molecule has 6 heteroatoms. The van der Waals surface area contributed by atoms with E-state index in [1.165, 1.54) is 11.3 Å². The Morgan fingerprint density at radius 3 is 2.76 bits per heavy atom. The summed E-state index contributed by atoms with van der Waals surface area (Å²) < 4.78 is 1.09. The van der Waals surface area contributed by atoms with Crippen LogP contribution in [0.5, 0.6) is 0 Å². The Morgan fingerprint density at radius 1 is 1.04 bits per heavy atom. The second kappa shape index (κ2) is 6.14. The van der Waals surface area contributed by atoms with Crippen LogP contribution in [0.3, 0.4) is 0 Å². The van der Waals surface area contributed by atoms with Crippen molar-refractivity contribution in [3.8, 4) is 0 Å². The molecular weight excluding hydrogens is 332 g/mol. The molecule has 0 aliphatic rings. The SMILES string of the molecule is Cc1ccc2cc(C(=O)NNc3nc4c(C)cccc4s3)ccc2n1. The standard InChI is InChI=1S/C19H16N4OS/c1-11-4-3-5-16-17(11)21-19(25-16)23-22-18(24)14-8-9-15-13(10-14)7-6-12(2)20-15/h3-10H,1-2H3,(H,21,23)(H,22,24). The molecule has 1 amide bonds. The Balaban J connectivity index is 1.53. The topological polar surface area (TPSA) is 66.9 Å². The maximum atomic E-state index is 12.4. The van der Waals surface area contributed by atoms with E-state index < -0.39 is 0 Å². The average molecular weight is 348 g/mol. The van der Waals surface area contributed by atoms with Crippen LogP contribution < -0.4 is 10.9 Å². The zero-order chi connectivity index (χ0) is 17.4. The van der Waals surface area contributed by atoms with Crippen LogP contribution in [-0.2, 0) is 0 Å². The highest BCUT2D eigenvalue weighted by Gasteiger charge is 2.09. The maximum Gasteiger partial charge on any atom is 0.269 e. The van der Waals surface area contributed by atoms with Gasteiger partial charge in [0, 0.05) is 16.6 Å². The minimum absolute atomic E-state index is 0.210. The lowest BCUT2D eigenvalue weighted by atomic mass is 10.1. The number of nitrogens with zero attached hydrogens (tertiary/aromatic N) is 2. The number of hydrogen-bond acceptors (Lipinski definition) is 5. The zero-order valence-corrected chi connectivity index (χ0v) is 14.6. The van der Waals surface area contributed by atoms with Crippen molar-refractivity contribution < 1.29 is 4.79 Å². The smallest absolute Gasteiger partial charge is 0.269 e. The van der Waals surface area contributed by atoms with Gasteiger partial charge in [-0.25, -0.2) is 4.98 Å². The first-order valence-electron chi connectivity index (χ1n) is 7.90. The Hall–Kier alpha value is -2.99. The van der Waals surface area contributed by atoms with Crippen LogP contribution in [0.15, 0.2) is 48.5 Å². The molecule has 2 aromatic carbocycles. The number of carbonyl (C=O) groups excluding carboxylic acids is 1. The van der Waals surface area contributed by atoms with Gasteiger partial charge in [-0.2, -0.15) is 0 Å². The zero-order valence-electron chi connectivity index (χ0n) is 13.8. The molecule has 4 rings (SSSR count). The molecule has 0 unspecified atom stereocenters. The van der Waals surface area contributed by atoms with Crippen LogP contribution in [0.25, 0.3) is 21.1 Å². The minimum atomic E-state index is -0.210. The third kappa shape index (κ3) is 3.04. The van der Waals surface area contributed by atoms with Crippen molar-refractivity contribution in [2.24, 2.45) is 0 Å². The highest BCUT2D eigenvalue weighted by molar-refractivity contribution is 7.22. The number of thiazole rings is 1. The number of fused-ring (bicyclic) bond motifs is 2. The summed E-state index contributed by atoms with van der Waals surface area (Å²) in [5.41, 5.74) is 10.1. The molecule has 2 aromatic heterocycles. The summed E-state index contributed by atoms with van der Waals surface area (Å²) in [5, 5.41) is 1.60. The van der Waals surface area contributed by atoms with Crippen molar-refractivity contribution in [3.05, 3.63) is 65.4 Å². The first-order chi connectivity index (χ1) is 12.1. The molecule has 5 nitrogen and oxygen atoms in total. The molecular formula is C19H16N4OS. The van der Waals surface area contributed by atoms with Gasteiger partial charge in [0.25, 0.3) is 5.91 Å². The van der Waals surface area contributed by atoms with E-state index in [1.807, 2.05) is 56.3 Å². The Bertz CT molecular complexity index is 1100. The number of hydrogen-bond donors (Lipinski definition) is 2. The van der Waals surface area contributed by atoms with E-state index in [-0.39, 0.29) is 5.91 Å². The van der Waals surface area contributed by atoms with Crippen molar-refractivity contribution in [1.29, 1.82) is 0 Å². The number of nitrogens with one attached hydrogen (secondary N) is 2. The predicted octanol–water partition coefficient (Wildman–Crippen LogP) is 4.22. The highest BCUT2D eigenvalue weighted by atomic mass is 32.1. The second-order valence-corrected chi connectivity index (χ2v) is 6.91. The molecule has 0 fully saturated rings. The summed E-state index contributed by atoms with van der Waals surface area (Å²) in [7, 11) is 0. The molecule has 0 atom stereocenters. The van der Waals surface area contributed by atoms with E-state index in [9.17, 15) is 4.79 Å². The number of carbonyl (C=O) groups is 1. The summed E-state index contributed by atoms with van der Waals surface area (Å²) in [6, 6.07) is 15.4. The van der Waals surface area contributed by atoms with Crippen molar-refractivity contribution >= 4 is 43.5 Å². The van der Waals surface area contributed by atoms with Crippen molar-refractivity contribution in [3.63, 3.8) is 0 Å². The van der Waals surface area contributed by atoms with E-state index in [1.54, 1.807) is 6.07 Å². The van der Waals surface area contributed by atoms with Gasteiger partial charge in [-0.1, -0.05) is 29.5 Å². The largest absolute Gasteiger partial charge is 0.273 e. The number of hydrazine groups is 1. The van der Waals surface area contributed by atoms with E-state index in [0.717, 1.165) is 32.4 Å². The molecule has 0 saturated carbocycles. The molecule has 25 heavy (non-hydrogen) atoms. The minimum Gasteiger partial charge on any atom is -0.273 e. The fraction of sp³-hybridized carbons (Fsp3) is 0.105. The summed E-state index contributed by atoms with van der Waals surface area (Å²) in [6.45, 7) is 3.97. The van der Waals surface area contributed by atoms with Crippen molar-refractivity contribution in [1.82, 2.24) is 15.4 Å². The van der Waals surface area contributed by atoms with Gasteiger partial charge in [0.2, 0.25) is 5.13 Å². The molecule has 0 bridgehead atoms. The van der Waals surface area contributed by atoms with Gasteiger partial charge in [0.05, 0.1) is 15.7 Å². The van der Waals surface area contributed by atoms with Gasteiger partial charge in [-0.15, -0.1) is 0 Å². The lowest BCUT2D eigenvalue weighted by Gasteiger charge is -2.06. The lowest BCUT2D eigenvalue weighted by molar-refractivity contribution is 0.0963. The van der Waals surface area contributed by atoms with Gasteiger partial charge in [-0.3, -0.25) is 20.6 Å². The van der Waals surface area contributed by atoms with Crippen LogP contribution in [-0.4, -0.2) is 15.9 Å². The molecule has 4 aromatic rings. The normalized spacial score (nSPS) is 11.0. The quantitative estimate of drug-likeness (QED) is 0.544. The van der Waals surface area contributed by atoms with Crippen molar-refractivity contribution in [2.45, 2.75) is 13.8 Å². The summed E-state index contributed by atoms with van der Waals surface area (Å²) in [6.07, 6.45) is 0. The van der Waals surface area contributed by atoms with Gasteiger partial charge < -0.3 is 0 Å². The Morgan fingerprint density at radius 2 is 1.92 bits per heavy atom. The predicted molar refractivity (Wildman–Crippen MR) is 102 cm³/mol. The second-order valence-electron chi connectivity index (χ2n) is 5.88. The lowest BCUT2D eigenvalue weighted by Crippen LogP contribution is -2.29. The number of para-hydroxylation sites is 1. The molecule has 0 aliphatic heterocycles. The van der Waals surface area contributed by atoms with E-state index in [4.69, 9.17) is 0 Å². The van der Waals surface area contributed by atoms with E-state index >= 15 is 0 Å². The Kier molecular flexibility index (Phi) is 3.82. The molecule has 124 valence electrons. The number of rotatable bonds is 3. The number of aryl methyl sites for hydroxylation is 2. The summed E-state index contributed by atoms with van der Waals surface area (Å²) in [4.78, 5) is 21.4. The first kappa shape index (κ1) is 15.5. The first-order valence-corrected chi connectivity index (χ1v) is 8.72. The van der Waals surface area contributed by atoms with Crippen LogP contribution >= 0.6 is 11.3 Å². The third-order valence-electron chi connectivity index (χ3n) is 3.99. The molecule has 2 heterocycles. The molecule has 0 radical (unpaired) electrons. The number of benzene rings is 2. The highest BCUT2D eigenvalue weighted by Crippen LogP contribution is 2.27. The van der Waals surface area contributed by atoms with Crippen molar-refractivity contribution in [2.75, 3.05) is 5.43 Å². The van der Waals surface area contributed by atoms with Gasteiger partial charge in [0.15, 0.2) is 0 Å². The van der Waals surface area contributed by atoms with Gasteiger partial charge >= 0.3 is 0 Å². The molecule has 0 spiro atoms. The summed E-state index contributed by atoms with van der Waals surface area (Å²) in [5.74, 6) is -0.210. The Labute approximate surface area is 148 Å². The van der Waals surface area contributed by atoms with Crippen LogP contribution in [0.1, 0.15) is 21.6 Å². The average Bonchev–Trinajstić information content (AvgIpc) is 3.04. The van der Waals surface area contributed by atoms with Crippen LogP contribution in [0.4, 0.5) is 5.13 Å². The summed E-state index contributed by atoms with van der Waals surface area (Å²) >= 11 is 1.51. The van der Waals surface area contributed by atoms with Crippen LogP contribution in [0.2, 0.25) is 0 Å². The molecule has 2 N–H and O–H groups in total. The monoisotopic (exact) mass is 348 g/mol. The van der Waals surface area contributed by atoms with E-state index in [2.05, 4.69) is 20.8 Å². The molecule has 0 saturated heterocycles. The number of pyridine rings is 1.